The van der Waals surface area contributed by atoms with Crippen molar-refractivity contribution in [1.29, 1.82) is 0 Å². The van der Waals surface area contributed by atoms with Crippen LogP contribution in [0.4, 0.5) is 4.39 Å². The van der Waals surface area contributed by atoms with E-state index in [4.69, 9.17) is 9.47 Å². The second kappa shape index (κ2) is 10.2. The van der Waals surface area contributed by atoms with Gasteiger partial charge in [-0.2, -0.15) is 0 Å². The van der Waals surface area contributed by atoms with Gasteiger partial charge >= 0.3 is 5.97 Å². The molecule has 0 saturated heterocycles. The Labute approximate surface area is 218 Å². The lowest BCUT2D eigenvalue weighted by molar-refractivity contribution is -0.137. The number of carbonyl (C=O) groups is 1. The quantitative estimate of drug-likeness (QED) is 0.340. The van der Waals surface area contributed by atoms with Gasteiger partial charge in [0, 0.05) is 5.56 Å². The van der Waals surface area contributed by atoms with E-state index in [0.29, 0.717) is 23.8 Å². The minimum atomic E-state index is -0.765. The summed E-state index contributed by atoms with van der Waals surface area (Å²) < 4.78 is 26.6. The molecule has 3 aromatic rings. The van der Waals surface area contributed by atoms with Gasteiger partial charge in [-0.05, 0) is 101 Å². The third kappa shape index (κ3) is 5.22. The number of ether oxygens (including phenoxy) is 2. The van der Waals surface area contributed by atoms with Gasteiger partial charge in [0.25, 0.3) is 0 Å². The van der Waals surface area contributed by atoms with Crippen LogP contribution in [0, 0.1) is 11.2 Å². The molecule has 0 amide bonds. The molecule has 1 saturated carbocycles. The molecule has 2 atom stereocenters. The summed E-state index contributed by atoms with van der Waals surface area (Å²) in [6.07, 6.45) is 5.31. The van der Waals surface area contributed by atoms with Crippen LogP contribution in [0.25, 0.3) is 11.1 Å². The summed E-state index contributed by atoms with van der Waals surface area (Å²) in [5.41, 5.74) is 6.11. The zero-order valence-corrected chi connectivity index (χ0v) is 21.9. The largest absolute Gasteiger partial charge is 0.497 e. The second-order valence-electron chi connectivity index (χ2n) is 11.2. The molecule has 3 aromatic carbocycles. The standard InChI is InChI=1S/C32H35FO4/c1-32(2)14-4-5-29(32)27-15-20(6-12-25(27)28-17-23(36-3)11-13-30(28)33)19-37-24-10-9-21-7-8-22(16-31(34)35)26(21)18-24/h6,9-13,15,17-18,22,29H,4-5,7-8,14,16,19H2,1-3H3,(H,34,35)/t22-,29+/m1/s1. The van der Waals surface area contributed by atoms with E-state index in [0.717, 1.165) is 60.1 Å². The Balaban J connectivity index is 1.44. The summed E-state index contributed by atoms with van der Waals surface area (Å²) >= 11 is 0. The number of halogens is 1. The van der Waals surface area contributed by atoms with Crippen LogP contribution in [0.5, 0.6) is 11.5 Å². The topological polar surface area (TPSA) is 55.8 Å². The predicted molar refractivity (Wildman–Crippen MR) is 143 cm³/mol. The molecule has 194 valence electrons. The van der Waals surface area contributed by atoms with Crippen LogP contribution in [0.1, 0.15) is 80.0 Å². The van der Waals surface area contributed by atoms with Crippen LogP contribution in [-0.4, -0.2) is 18.2 Å². The summed E-state index contributed by atoms with van der Waals surface area (Å²) in [7, 11) is 1.60. The van der Waals surface area contributed by atoms with Gasteiger partial charge in [-0.3, -0.25) is 4.79 Å². The fourth-order valence-corrected chi connectivity index (χ4v) is 6.32. The summed E-state index contributed by atoms with van der Waals surface area (Å²) in [5, 5.41) is 9.26. The Bertz CT molecular complexity index is 1310. The molecular weight excluding hydrogens is 467 g/mol. The lowest BCUT2D eigenvalue weighted by Gasteiger charge is -2.30. The Hall–Kier alpha value is -3.34. The van der Waals surface area contributed by atoms with Gasteiger partial charge in [-0.25, -0.2) is 4.39 Å². The van der Waals surface area contributed by atoms with Gasteiger partial charge in [-0.1, -0.05) is 44.5 Å². The second-order valence-corrected chi connectivity index (χ2v) is 11.2. The summed E-state index contributed by atoms with van der Waals surface area (Å²) in [4.78, 5) is 11.3. The molecule has 0 radical (unpaired) electrons. The summed E-state index contributed by atoms with van der Waals surface area (Å²) in [5.74, 6) is 0.740. The van der Waals surface area contributed by atoms with Gasteiger partial charge in [-0.15, -0.1) is 0 Å². The van der Waals surface area contributed by atoms with Crippen LogP contribution in [0.3, 0.4) is 0 Å². The Morgan fingerprint density at radius 1 is 1.00 bits per heavy atom. The van der Waals surface area contributed by atoms with Crippen molar-refractivity contribution >= 4 is 5.97 Å². The molecular formula is C32H35FO4. The third-order valence-corrected chi connectivity index (χ3v) is 8.36. The third-order valence-electron chi connectivity index (χ3n) is 8.36. The number of hydrogen-bond donors (Lipinski definition) is 1. The first kappa shape index (κ1) is 25.3. The molecule has 0 heterocycles. The van der Waals surface area contributed by atoms with E-state index in [9.17, 15) is 9.90 Å². The molecule has 0 aliphatic heterocycles. The molecule has 37 heavy (non-hydrogen) atoms. The van der Waals surface area contributed by atoms with Gasteiger partial charge in [0.05, 0.1) is 13.5 Å². The highest BCUT2D eigenvalue weighted by Crippen LogP contribution is 2.51. The number of hydrogen-bond acceptors (Lipinski definition) is 3. The van der Waals surface area contributed by atoms with E-state index in [1.54, 1.807) is 19.2 Å². The van der Waals surface area contributed by atoms with Crippen LogP contribution < -0.4 is 9.47 Å². The van der Waals surface area contributed by atoms with Crippen molar-refractivity contribution in [2.24, 2.45) is 5.41 Å². The van der Waals surface area contributed by atoms with Gasteiger partial charge < -0.3 is 14.6 Å². The van der Waals surface area contributed by atoms with Crippen molar-refractivity contribution in [3.63, 3.8) is 0 Å². The lowest BCUT2D eigenvalue weighted by Crippen LogP contribution is -2.17. The minimum absolute atomic E-state index is 0.0456. The fourth-order valence-electron chi connectivity index (χ4n) is 6.32. The number of rotatable bonds is 8. The van der Waals surface area contributed by atoms with E-state index in [2.05, 4.69) is 26.0 Å². The van der Waals surface area contributed by atoms with E-state index >= 15 is 4.39 Å². The molecule has 5 heteroatoms. The van der Waals surface area contributed by atoms with Crippen LogP contribution in [0.15, 0.2) is 54.6 Å². The molecule has 2 aliphatic rings. The molecule has 0 aromatic heterocycles. The van der Waals surface area contributed by atoms with Crippen molar-refractivity contribution in [2.75, 3.05) is 7.11 Å². The summed E-state index contributed by atoms with van der Waals surface area (Å²) in [6, 6.07) is 17.2. The maximum Gasteiger partial charge on any atom is 0.303 e. The van der Waals surface area contributed by atoms with Crippen molar-refractivity contribution in [3.8, 4) is 22.6 Å². The number of carboxylic acids is 1. The smallest absolute Gasteiger partial charge is 0.303 e. The molecule has 1 N–H and O–H groups in total. The number of aliphatic carboxylic acids is 1. The number of fused-ring (bicyclic) bond motifs is 1. The average Bonchev–Trinajstić information content (AvgIpc) is 3.44. The van der Waals surface area contributed by atoms with Crippen LogP contribution >= 0.6 is 0 Å². The number of methoxy groups -OCH3 is 1. The van der Waals surface area contributed by atoms with Crippen LogP contribution in [0.2, 0.25) is 0 Å². The number of carboxylic acid groups (broad SMARTS) is 1. The van der Waals surface area contributed by atoms with Crippen molar-refractivity contribution in [1.82, 2.24) is 0 Å². The van der Waals surface area contributed by atoms with E-state index in [1.807, 2.05) is 24.3 Å². The highest BCUT2D eigenvalue weighted by atomic mass is 19.1. The Morgan fingerprint density at radius 3 is 2.54 bits per heavy atom. The number of benzene rings is 3. The van der Waals surface area contributed by atoms with Crippen molar-refractivity contribution in [2.45, 2.75) is 70.8 Å². The van der Waals surface area contributed by atoms with Crippen LogP contribution in [-0.2, 0) is 17.8 Å². The first-order valence-electron chi connectivity index (χ1n) is 13.2. The van der Waals surface area contributed by atoms with Crippen molar-refractivity contribution in [3.05, 3.63) is 82.7 Å². The normalized spacial score (nSPS) is 20.0. The van der Waals surface area contributed by atoms with E-state index in [-0.39, 0.29) is 23.6 Å². The molecule has 0 spiro atoms. The lowest BCUT2D eigenvalue weighted by atomic mass is 9.75. The average molecular weight is 503 g/mol. The Kier molecular flexibility index (Phi) is 6.98. The zero-order chi connectivity index (χ0) is 26.2. The molecule has 1 fully saturated rings. The highest BCUT2D eigenvalue weighted by Gasteiger charge is 2.37. The SMILES string of the molecule is COc1ccc(F)c(-c2ccc(COc3ccc4c(c3)[C@@H](CC(=O)O)CC4)cc2[C@@H]2CCCC2(C)C)c1. The molecule has 0 unspecified atom stereocenters. The first-order chi connectivity index (χ1) is 17.7. The van der Waals surface area contributed by atoms with Gasteiger partial charge in [0.2, 0.25) is 0 Å². The molecule has 0 bridgehead atoms. The Morgan fingerprint density at radius 2 is 1.81 bits per heavy atom. The first-order valence-corrected chi connectivity index (χ1v) is 13.2. The fraction of sp³-hybridized carbons (Fsp3) is 0.406. The molecule has 4 nitrogen and oxygen atoms in total. The molecule has 2 aliphatic carbocycles. The predicted octanol–water partition coefficient (Wildman–Crippen LogP) is 7.88. The number of aryl methyl sites for hydroxylation is 1. The summed E-state index contributed by atoms with van der Waals surface area (Å²) in [6.45, 7) is 5.00. The van der Waals surface area contributed by atoms with Gasteiger partial charge in [0.1, 0.15) is 23.9 Å². The highest BCUT2D eigenvalue weighted by molar-refractivity contribution is 5.71. The van der Waals surface area contributed by atoms with E-state index in [1.165, 1.54) is 11.6 Å². The van der Waals surface area contributed by atoms with Gasteiger partial charge in [0.15, 0.2) is 0 Å². The maximum absolute atomic E-state index is 15.0. The minimum Gasteiger partial charge on any atom is -0.497 e. The zero-order valence-electron chi connectivity index (χ0n) is 21.9. The van der Waals surface area contributed by atoms with Crippen molar-refractivity contribution < 1.29 is 23.8 Å². The maximum atomic E-state index is 15.0. The monoisotopic (exact) mass is 502 g/mol. The van der Waals surface area contributed by atoms with E-state index < -0.39 is 5.97 Å². The molecule has 5 rings (SSSR count).